The van der Waals surface area contributed by atoms with Crippen LogP contribution in [0.1, 0.15) is 0 Å². The number of rotatable bonds is 6. The van der Waals surface area contributed by atoms with E-state index >= 15 is 0 Å². The maximum atomic E-state index is 9.17. The Bertz CT molecular complexity index is 521. The van der Waals surface area contributed by atoms with E-state index in [4.69, 9.17) is 21.4 Å². The van der Waals surface area contributed by atoms with E-state index in [1.54, 1.807) is 0 Å². The fraction of sp³-hybridized carbons (Fsp3) is 0.444. The number of anilines is 1. The molecule has 0 saturated carbocycles. The number of nitrogens with one attached hydrogen (secondary N) is 1. The number of halogens is 1. The van der Waals surface area contributed by atoms with E-state index < -0.39 is 0 Å². The van der Waals surface area contributed by atoms with Crippen LogP contribution in [0.4, 0.5) is 5.95 Å². The van der Waals surface area contributed by atoms with E-state index in [2.05, 4.69) is 30.4 Å². The molecule has 0 bridgehead atoms. The molecule has 2 heterocycles. The lowest BCUT2D eigenvalue weighted by Crippen LogP contribution is -2.30. The molecule has 0 fully saturated rings. The smallest absolute Gasteiger partial charge is 0.258 e. The Hall–Kier alpha value is -1.84. The van der Waals surface area contributed by atoms with E-state index in [0.717, 1.165) is 0 Å². The van der Waals surface area contributed by atoms with Gasteiger partial charge in [-0.25, -0.2) is 4.98 Å². The van der Waals surface area contributed by atoms with Crippen LogP contribution in [0, 0.1) is 0 Å². The summed E-state index contributed by atoms with van der Waals surface area (Å²) in [6.45, 7) is 0.175. The molecule has 9 nitrogen and oxygen atoms in total. The van der Waals surface area contributed by atoms with Crippen molar-refractivity contribution in [1.29, 1.82) is 0 Å². The molecule has 0 aromatic carbocycles. The zero-order valence-electron chi connectivity index (χ0n) is 10.1. The molecule has 0 aliphatic carbocycles. The Kier molecular flexibility index (Phi) is 4.55. The highest BCUT2D eigenvalue weighted by Gasteiger charge is 2.12. The van der Waals surface area contributed by atoms with Gasteiger partial charge in [0.05, 0.1) is 19.3 Å². The molecule has 0 radical (unpaired) electrons. The maximum Gasteiger partial charge on any atom is 0.258 e. The standard InChI is InChI=1S/C9H12ClN7O2/c1-19-3-6(2-18)13-8-14-7(10)15-9(16-8)17-5-11-4-12-17/h4-6,18H,2-3H2,1H3,(H,13,14,15,16). The van der Waals surface area contributed by atoms with Gasteiger partial charge in [0.1, 0.15) is 12.7 Å². The lowest BCUT2D eigenvalue weighted by Gasteiger charge is -2.15. The summed E-state index contributed by atoms with van der Waals surface area (Å²) in [5, 5.41) is 16.0. The summed E-state index contributed by atoms with van der Waals surface area (Å²) in [5.74, 6) is 0.454. The number of aromatic nitrogens is 6. The number of ether oxygens (including phenoxy) is 1. The molecule has 19 heavy (non-hydrogen) atoms. The molecule has 2 N–H and O–H groups in total. The Morgan fingerprint density at radius 1 is 1.47 bits per heavy atom. The van der Waals surface area contributed by atoms with Gasteiger partial charge in [0.2, 0.25) is 11.2 Å². The van der Waals surface area contributed by atoms with Crippen LogP contribution in [0.5, 0.6) is 0 Å². The molecular weight excluding hydrogens is 274 g/mol. The summed E-state index contributed by atoms with van der Waals surface area (Å²) in [7, 11) is 1.53. The van der Waals surface area contributed by atoms with Crippen LogP contribution in [0.15, 0.2) is 12.7 Å². The Labute approximate surface area is 113 Å². The van der Waals surface area contributed by atoms with Gasteiger partial charge >= 0.3 is 0 Å². The van der Waals surface area contributed by atoms with Gasteiger partial charge in [-0.1, -0.05) is 0 Å². The van der Waals surface area contributed by atoms with Gasteiger partial charge < -0.3 is 15.2 Å². The van der Waals surface area contributed by atoms with Crippen LogP contribution in [-0.2, 0) is 4.74 Å². The normalized spacial score (nSPS) is 12.4. The molecule has 0 saturated heterocycles. The van der Waals surface area contributed by atoms with Crippen molar-refractivity contribution in [1.82, 2.24) is 29.7 Å². The van der Waals surface area contributed by atoms with Gasteiger partial charge in [-0.2, -0.15) is 24.7 Å². The van der Waals surface area contributed by atoms with Gasteiger partial charge in [-0.05, 0) is 11.6 Å². The minimum absolute atomic E-state index is 0.0112. The fourth-order valence-corrected chi connectivity index (χ4v) is 1.50. The van der Waals surface area contributed by atoms with E-state index in [1.165, 1.54) is 24.4 Å². The van der Waals surface area contributed by atoms with Crippen molar-refractivity contribution in [2.24, 2.45) is 0 Å². The average Bonchev–Trinajstić information content (AvgIpc) is 2.91. The first-order valence-corrected chi connectivity index (χ1v) is 5.73. The predicted molar refractivity (Wildman–Crippen MR) is 66.1 cm³/mol. The van der Waals surface area contributed by atoms with E-state index in [-0.39, 0.29) is 29.8 Å². The van der Waals surface area contributed by atoms with E-state index in [9.17, 15) is 0 Å². The molecule has 0 spiro atoms. The van der Waals surface area contributed by atoms with Gasteiger partial charge in [0, 0.05) is 7.11 Å². The predicted octanol–water partition coefficient (Wildman–Crippen LogP) is -0.475. The van der Waals surface area contributed by atoms with Crippen molar-refractivity contribution in [3.05, 3.63) is 17.9 Å². The third-order valence-electron chi connectivity index (χ3n) is 2.14. The number of methoxy groups -OCH3 is 1. The van der Waals surface area contributed by atoms with Crippen molar-refractivity contribution in [2.45, 2.75) is 6.04 Å². The van der Waals surface area contributed by atoms with Crippen LogP contribution < -0.4 is 5.32 Å². The minimum atomic E-state index is -0.341. The van der Waals surface area contributed by atoms with Gasteiger partial charge in [0.15, 0.2) is 0 Å². The van der Waals surface area contributed by atoms with Crippen LogP contribution in [0.2, 0.25) is 5.28 Å². The molecule has 0 amide bonds. The number of nitrogens with zero attached hydrogens (tertiary/aromatic N) is 6. The Balaban J connectivity index is 2.21. The van der Waals surface area contributed by atoms with Crippen molar-refractivity contribution < 1.29 is 9.84 Å². The number of hydrogen-bond acceptors (Lipinski definition) is 8. The van der Waals surface area contributed by atoms with Gasteiger partial charge in [-0.3, -0.25) is 0 Å². The largest absolute Gasteiger partial charge is 0.394 e. The van der Waals surface area contributed by atoms with Gasteiger partial charge in [-0.15, -0.1) is 0 Å². The van der Waals surface area contributed by atoms with Crippen LogP contribution in [0.3, 0.4) is 0 Å². The fourth-order valence-electron chi connectivity index (χ4n) is 1.34. The third-order valence-corrected chi connectivity index (χ3v) is 2.31. The molecule has 2 rings (SSSR count). The first kappa shape index (κ1) is 13.6. The lowest BCUT2D eigenvalue weighted by molar-refractivity contribution is 0.153. The maximum absolute atomic E-state index is 9.17. The third kappa shape index (κ3) is 3.56. The summed E-state index contributed by atoms with van der Waals surface area (Å²) in [5.41, 5.74) is 0. The molecule has 0 aliphatic heterocycles. The molecular formula is C9H12ClN7O2. The monoisotopic (exact) mass is 285 g/mol. The summed E-state index contributed by atoms with van der Waals surface area (Å²) < 4.78 is 6.30. The van der Waals surface area contributed by atoms with Crippen molar-refractivity contribution >= 4 is 17.5 Å². The molecule has 2 aromatic heterocycles. The summed E-state index contributed by atoms with van der Waals surface area (Å²) >= 11 is 5.81. The minimum Gasteiger partial charge on any atom is -0.394 e. The van der Waals surface area contributed by atoms with Crippen LogP contribution in [-0.4, -0.2) is 61.2 Å². The Morgan fingerprint density at radius 2 is 2.32 bits per heavy atom. The van der Waals surface area contributed by atoms with E-state index in [0.29, 0.717) is 6.61 Å². The SMILES string of the molecule is COCC(CO)Nc1nc(Cl)nc(-n2cncn2)n1. The highest BCUT2D eigenvalue weighted by molar-refractivity contribution is 6.28. The summed E-state index contributed by atoms with van der Waals surface area (Å²) in [4.78, 5) is 15.8. The zero-order valence-corrected chi connectivity index (χ0v) is 10.8. The lowest BCUT2D eigenvalue weighted by atomic mass is 10.3. The second-order valence-corrected chi connectivity index (χ2v) is 3.89. The van der Waals surface area contributed by atoms with Crippen molar-refractivity contribution in [3.8, 4) is 5.95 Å². The topological polar surface area (TPSA) is 111 Å². The van der Waals surface area contributed by atoms with E-state index in [1.807, 2.05) is 0 Å². The second-order valence-electron chi connectivity index (χ2n) is 3.55. The second kappa shape index (κ2) is 6.36. The zero-order chi connectivity index (χ0) is 13.7. The first-order valence-electron chi connectivity index (χ1n) is 5.36. The van der Waals surface area contributed by atoms with Crippen molar-refractivity contribution in [2.75, 3.05) is 25.6 Å². The van der Waals surface area contributed by atoms with Crippen LogP contribution >= 0.6 is 11.6 Å². The highest BCUT2D eigenvalue weighted by Crippen LogP contribution is 2.09. The molecule has 10 heteroatoms. The number of aliphatic hydroxyl groups is 1. The summed E-state index contributed by atoms with van der Waals surface area (Å²) in [6.07, 6.45) is 2.79. The molecule has 102 valence electrons. The number of aliphatic hydroxyl groups excluding tert-OH is 1. The van der Waals surface area contributed by atoms with Crippen molar-refractivity contribution in [3.63, 3.8) is 0 Å². The molecule has 1 atom stereocenters. The first-order chi connectivity index (χ1) is 9.22. The summed E-state index contributed by atoms with van der Waals surface area (Å²) in [6, 6.07) is -0.341. The molecule has 1 unspecified atom stereocenters. The van der Waals surface area contributed by atoms with Gasteiger partial charge in [0.25, 0.3) is 5.95 Å². The quantitative estimate of drug-likeness (QED) is 0.732. The Morgan fingerprint density at radius 3 is 2.95 bits per heavy atom. The van der Waals surface area contributed by atoms with Crippen LogP contribution in [0.25, 0.3) is 5.95 Å². The highest BCUT2D eigenvalue weighted by atomic mass is 35.5. The molecule has 0 aliphatic rings. The number of hydrogen-bond donors (Lipinski definition) is 2. The average molecular weight is 286 g/mol. The molecule has 2 aromatic rings.